The van der Waals surface area contributed by atoms with Crippen molar-refractivity contribution in [1.82, 2.24) is 4.98 Å². The van der Waals surface area contributed by atoms with Gasteiger partial charge in [-0.15, -0.1) is 0 Å². The maximum atomic E-state index is 12.1. The lowest BCUT2D eigenvalue weighted by Crippen LogP contribution is -2.07. The first-order chi connectivity index (χ1) is 14.5. The molecule has 4 nitrogen and oxygen atoms in total. The minimum Gasteiger partial charge on any atom is -0.439 e. The number of carbonyl (C=O) groups excluding carboxylic acids is 1. The van der Waals surface area contributed by atoms with E-state index >= 15 is 0 Å². The number of rotatable bonds is 5. The average Bonchev–Trinajstić information content (AvgIpc) is 3.12. The Morgan fingerprint density at radius 2 is 1.70 bits per heavy atom. The van der Waals surface area contributed by atoms with Crippen molar-refractivity contribution in [2.45, 2.75) is 6.42 Å². The van der Waals surface area contributed by atoms with Crippen LogP contribution in [0.5, 0.6) is 0 Å². The highest BCUT2D eigenvalue weighted by Crippen LogP contribution is 2.29. The molecule has 3 aromatic carbocycles. The number of aromatic nitrogens is 1. The van der Waals surface area contributed by atoms with Gasteiger partial charge in [0.15, 0.2) is 11.5 Å². The molecule has 1 aromatic heterocycles. The van der Waals surface area contributed by atoms with Gasteiger partial charge in [0.2, 0.25) is 5.91 Å². The number of benzene rings is 3. The highest BCUT2D eigenvalue weighted by molar-refractivity contribution is 6.38. The second-order valence-corrected chi connectivity index (χ2v) is 7.87. The van der Waals surface area contributed by atoms with Crippen molar-refractivity contribution in [3.8, 4) is 0 Å². The summed E-state index contributed by atoms with van der Waals surface area (Å²) in [5, 5.41) is 4.42. The van der Waals surface area contributed by atoms with E-state index in [0.717, 1.165) is 11.1 Å². The number of nitrogens with zero attached hydrogens (tertiary/aromatic N) is 1. The molecule has 0 aliphatic rings. The van der Waals surface area contributed by atoms with Crippen LogP contribution in [0.2, 0.25) is 15.1 Å². The third-order valence-corrected chi connectivity index (χ3v) is 5.08. The number of carbonyl (C=O) groups is 1. The van der Waals surface area contributed by atoms with E-state index in [1.165, 1.54) is 6.08 Å². The van der Waals surface area contributed by atoms with Gasteiger partial charge in [-0.3, -0.25) is 4.79 Å². The normalized spacial score (nSPS) is 11.3. The molecule has 0 aliphatic heterocycles. The predicted molar refractivity (Wildman–Crippen MR) is 122 cm³/mol. The summed E-state index contributed by atoms with van der Waals surface area (Å²) in [4.78, 5) is 16.6. The van der Waals surface area contributed by atoms with Gasteiger partial charge in [0.05, 0.1) is 5.02 Å². The molecule has 1 amide bonds. The van der Waals surface area contributed by atoms with Gasteiger partial charge in [-0.25, -0.2) is 4.98 Å². The van der Waals surface area contributed by atoms with Crippen molar-refractivity contribution in [1.29, 1.82) is 0 Å². The zero-order chi connectivity index (χ0) is 21.1. The van der Waals surface area contributed by atoms with Crippen molar-refractivity contribution in [3.63, 3.8) is 0 Å². The Morgan fingerprint density at radius 1 is 0.967 bits per heavy atom. The van der Waals surface area contributed by atoms with Crippen LogP contribution in [0.3, 0.4) is 0 Å². The van der Waals surface area contributed by atoms with Crippen LogP contribution in [0.15, 0.2) is 71.2 Å². The molecule has 0 bridgehead atoms. The first-order valence-electron chi connectivity index (χ1n) is 9.04. The molecule has 0 atom stereocenters. The smallest absolute Gasteiger partial charge is 0.248 e. The Bertz CT molecular complexity index is 1230. The van der Waals surface area contributed by atoms with Gasteiger partial charge >= 0.3 is 0 Å². The number of hydrogen-bond acceptors (Lipinski definition) is 3. The lowest BCUT2D eigenvalue weighted by Gasteiger charge is -2.04. The minimum atomic E-state index is -0.219. The summed E-state index contributed by atoms with van der Waals surface area (Å²) in [5.41, 5.74) is 3.71. The van der Waals surface area contributed by atoms with Crippen LogP contribution in [0.1, 0.15) is 17.0 Å². The van der Waals surface area contributed by atoms with Gasteiger partial charge in [-0.05, 0) is 53.6 Å². The zero-order valence-corrected chi connectivity index (χ0v) is 17.8. The van der Waals surface area contributed by atoms with Crippen molar-refractivity contribution in [2.75, 3.05) is 5.32 Å². The molecule has 0 fully saturated rings. The molecule has 1 heterocycles. The van der Waals surface area contributed by atoms with Gasteiger partial charge in [-0.1, -0.05) is 59.1 Å². The molecule has 30 heavy (non-hydrogen) atoms. The molecular formula is C23H15Cl3N2O2. The summed E-state index contributed by atoms with van der Waals surface area (Å²) in [7, 11) is 0. The van der Waals surface area contributed by atoms with Gasteiger partial charge < -0.3 is 9.73 Å². The average molecular weight is 458 g/mol. The highest BCUT2D eigenvalue weighted by atomic mass is 35.5. The van der Waals surface area contributed by atoms with Gasteiger partial charge in [0, 0.05) is 28.2 Å². The highest BCUT2D eigenvalue weighted by Gasteiger charge is 2.11. The number of amides is 1. The van der Waals surface area contributed by atoms with E-state index in [1.54, 1.807) is 30.3 Å². The van der Waals surface area contributed by atoms with Crippen LogP contribution in [0.4, 0.5) is 5.69 Å². The standard InChI is InChI=1S/C23H15Cl3N2O2/c24-16-6-1-14(2-7-16)5-10-21(29)27-18-8-3-15(4-9-18)11-22-28-20-13-17(25)12-19(26)23(20)30-22/h1-10,12-13H,11H2,(H,27,29)/b10-5+. The summed E-state index contributed by atoms with van der Waals surface area (Å²) >= 11 is 18.0. The molecule has 4 aromatic rings. The van der Waals surface area contributed by atoms with Crippen LogP contribution < -0.4 is 5.32 Å². The van der Waals surface area contributed by atoms with E-state index < -0.39 is 0 Å². The fraction of sp³-hybridized carbons (Fsp3) is 0.0435. The van der Waals surface area contributed by atoms with E-state index in [2.05, 4.69) is 10.3 Å². The molecule has 0 saturated heterocycles. The lowest BCUT2D eigenvalue weighted by molar-refractivity contribution is -0.111. The molecule has 0 unspecified atom stereocenters. The molecular weight excluding hydrogens is 443 g/mol. The molecule has 150 valence electrons. The van der Waals surface area contributed by atoms with Gasteiger partial charge in [0.1, 0.15) is 5.52 Å². The zero-order valence-electron chi connectivity index (χ0n) is 15.5. The number of anilines is 1. The van der Waals surface area contributed by atoms with E-state index in [4.69, 9.17) is 39.2 Å². The molecule has 0 saturated carbocycles. The maximum Gasteiger partial charge on any atom is 0.248 e. The fourth-order valence-corrected chi connectivity index (χ4v) is 3.54. The van der Waals surface area contributed by atoms with Crippen molar-refractivity contribution >= 4 is 63.6 Å². The Kier molecular flexibility index (Phi) is 6.09. The fourth-order valence-electron chi connectivity index (χ4n) is 2.89. The van der Waals surface area contributed by atoms with Crippen molar-refractivity contribution < 1.29 is 9.21 Å². The molecule has 0 spiro atoms. The first kappa shape index (κ1) is 20.5. The quantitative estimate of drug-likeness (QED) is 0.327. The maximum absolute atomic E-state index is 12.1. The largest absolute Gasteiger partial charge is 0.439 e. The summed E-state index contributed by atoms with van der Waals surface area (Å²) in [5.74, 6) is 0.319. The van der Waals surface area contributed by atoms with Crippen molar-refractivity contribution in [2.24, 2.45) is 0 Å². The predicted octanol–water partition coefficient (Wildman–Crippen LogP) is 7.03. The van der Waals surface area contributed by atoms with Gasteiger partial charge in [0.25, 0.3) is 0 Å². The third kappa shape index (κ3) is 5.03. The van der Waals surface area contributed by atoms with E-state index in [0.29, 0.717) is 44.2 Å². The molecule has 7 heteroatoms. The van der Waals surface area contributed by atoms with Crippen LogP contribution in [-0.2, 0) is 11.2 Å². The van der Waals surface area contributed by atoms with Crippen LogP contribution in [-0.4, -0.2) is 10.9 Å². The molecule has 0 radical (unpaired) electrons. The number of hydrogen-bond donors (Lipinski definition) is 1. The van der Waals surface area contributed by atoms with Crippen LogP contribution >= 0.6 is 34.8 Å². The van der Waals surface area contributed by atoms with Crippen molar-refractivity contribution in [3.05, 3.63) is 98.8 Å². The minimum absolute atomic E-state index is 0.219. The van der Waals surface area contributed by atoms with E-state index in [-0.39, 0.29) is 5.91 Å². The summed E-state index contributed by atoms with van der Waals surface area (Å²) < 4.78 is 5.75. The third-order valence-electron chi connectivity index (χ3n) is 4.33. The second kappa shape index (κ2) is 8.92. The second-order valence-electron chi connectivity index (χ2n) is 6.59. The van der Waals surface area contributed by atoms with Crippen LogP contribution in [0.25, 0.3) is 17.2 Å². The molecule has 1 N–H and O–H groups in total. The molecule has 4 rings (SSSR count). The Morgan fingerprint density at radius 3 is 2.43 bits per heavy atom. The van der Waals surface area contributed by atoms with E-state index in [9.17, 15) is 4.79 Å². The lowest BCUT2D eigenvalue weighted by atomic mass is 10.1. The molecule has 0 aliphatic carbocycles. The number of halogens is 3. The number of fused-ring (bicyclic) bond motifs is 1. The van der Waals surface area contributed by atoms with Crippen LogP contribution in [0, 0.1) is 0 Å². The Labute approximate surface area is 188 Å². The SMILES string of the molecule is O=C(/C=C/c1ccc(Cl)cc1)Nc1ccc(Cc2nc3cc(Cl)cc(Cl)c3o2)cc1. The first-order valence-corrected chi connectivity index (χ1v) is 10.2. The Hall–Kier alpha value is -2.79. The summed E-state index contributed by atoms with van der Waals surface area (Å²) in [6.07, 6.45) is 3.70. The number of nitrogens with one attached hydrogen (secondary N) is 1. The summed E-state index contributed by atoms with van der Waals surface area (Å²) in [6.45, 7) is 0. The van der Waals surface area contributed by atoms with E-state index in [1.807, 2.05) is 36.4 Å². The number of oxazole rings is 1. The Balaban J connectivity index is 1.39. The monoisotopic (exact) mass is 456 g/mol. The summed E-state index contributed by atoms with van der Waals surface area (Å²) in [6, 6.07) is 18.0. The van der Waals surface area contributed by atoms with Gasteiger partial charge in [-0.2, -0.15) is 0 Å². The topological polar surface area (TPSA) is 55.1 Å².